The summed E-state index contributed by atoms with van der Waals surface area (Å²) in [5, 5.41) is 0. The number of aryl methyl sites for hydroxylation is 1. The lowest BCUT2D eigenvalue weighted by molar-refractivity contribution is -0.274. The van der Waals surface area contributed by atoms with Crippen LogP contribution in [0.15, 0.2) is 48.5 Å². The molecule has 0 atom stereocenters. The van der Waals surface area contributed by atoms with E-state index >= 15 is 0 Å². The molecule has 2 aromatic carbocycles. The molecule has 3 nitrogen and oxygen atoms in total. The number of carbonyl (C=O) groups is 1. The van der Waals surface area contributed by atoms with Crippen molar-refractivity contribution in [3.63, 3.8) is 0 Å². The fraction of sp³-hybridized carbons (Fsp3) is 0.316. The Kier molecular flexibility index (Phi) is 6.44. The predicted molar refractivity (Wildman–Crippen MR) is 87.8 cm³/mol. The maximum absolute atomic E-state index is 12.1. The Balaban J connectivity index is 1.92. The molecule has 0 bridgehead atoms. The van der Waals surface area contributed by atoms with Gasteiger partial charge in [-0.1, -0.05) is 31.9 Å². The summed E-state index contributed by atoms with van der Waals surface area (Å²) >= 11 is 0. The highest BCUT2D eigenvalue weighted by Gasteiger charge is 2.31. The summed E-state index contributed by atoms with van der Waals surface area (Å²) in [7, 11) is 0. The van der Waals surface area contributed by atoms with Gasteiger partial charge in [-0.05, 0) is 54.8 Å². The smallest absolute Gasteiger partial charge is 0.423 e. The number of carbonyl (C=O) groups excluding carboxylic acids is 1. The van der Waals surface area contributed by atoms with Gasteiger partial charge in [-0.15, -0.1) is 13.2 Å². The lowest BCUT2D eigenvalue weighted by atomic mass is 10.1. The molecule has 25 heavy (non-hydrogen) atoms. The Labute approximate surface area is 144 Å². The average Bonchev–Trinajstić information content (AvgIpc) is 2.56. The lowest BCUT2D eigenvalue weighted by Crippen LogP contribution is -2.17. The molecule has 0 radical (unpaired) electrons. The van der Waals surface area contributed by atoms with Crippen LogP contribution in [0, 0.1) is 0 Å². The van der Waals surface area contributed by atoms with Crippen molar-refractivity contribution >= 4 is 5.97 Å². The molecule has 0 aliphatic heterocycles. The molecule has 0 aliphatic carbocycles. The number of hydrogen-bond donors (Lipinski definition) is 0. The van der Waals surface area contributed by atoms with Gasteiger partial charge in [-0.3, -0.25) is 0 Å². The Morgan fingerprint density at radius 2 is 1.52 bits per heavy atom. The average molecular weight is 352 g/mol. The number of unbranched alkanes of at least 4 members (excludes halogenated alkanes) is 2. The molecule has 2 rings (SSSR count). The second kappa shape index (κ2) is 8.55. The topological polar surface area (TPSA) is 35.5 Å². The van der Waals surface area contributed by atoms with E-state index in [1.54, 1.807) is 12.1 Å². The summed E-state index contributed by atoms with van der Waals surface area (Å²) in [5.74, 6) is -0.792. The number of alkyl halides is 3. The van der Waals surface area contributed by atoms with Crippen LogP contribution in [-0.2, 0) is 6.42 Å². The molecule has 0 aliphatic rings. The summed E-state index contributed by atoms with van der Waals surface area (Å²) < 4.78 is 45.2. The van der Waals surface area contributed by atoms with Crippen molar-refractivity contribution in [2.75, 3.05) is 0 Å². The van der Waals surface area contributed by atoms with Crippen LogP contribution in [0.25, 0.3) is 0 Å². The van der Waals surface area contributed by atoms with Crippen molar-refractivity contribution < 1.29 is 27.4 Å². The molecule has 0 heterocycles. The minimum Gasteiger partial charge on any atom is -0.423 e. The highest BCUT2D eigenvalue weighted by Crippen LogP contribution is 2.25. The quantitative estimate of drug-likeness (QED) is 0.373. The summed E-state index contributed by atoms with van der Waals surface area (Å²) in [6, 6.07) is 11.8. The summed E-state index contributed by atoms with van der Waals surface area (Å²) in [6.07, 6.45) is -0.372. The molecule has 134 valence electrons. The molecule has 0 saturated heterocycles. The van der Waals surface area contributed by atoms with E-state index in [0.717, 1.165) is 43.4 Å². The van der Waals surface area contributed by atoms with Gasteiger partial charge >= 0.3 is 12.3 Å². The minimum absolute atomic E-state index is 0.145. The monoisotopic (exact) mass is 352 g/mol. The standard InChI is InChI=1S/C19H19F3O3/c1-2-3-4-5-14-6-8-15(9-7-14)18(23)24-16-10-12-17(13-11-16)25-19(20,21)22/h6-13H,2-5H2,1H3. The lowest BCUT2D eigenvalue weighted by Gasteiger charge is -2.09. The van der Waals surface area contributed by atoms with Gasteiger partial charge in [0.2, 0.25) is 0 Å². The van der Waals surface area contributed by atoms with Gasteiger partial charge in [0.05, 0.1) is 5.56 Å². The van der Waals surface area contributed by atoms with Crippen molar-refractivity contribution in [2.24, 2.45) is 0 Å². The Morgan fingerprint density at radius 1 is 0.920 bits per heavy atom. The molecular weight excluding hydrogens is 333 g/mol. The van der Waals surface area contributed by atoms with Crippen LogP contribution in [0.1, 0.15) is 42.1 Å². The molecule has 0 saturated carbocycles. The molecule has 0 unspecified atom stereocenters. The van der Waals surface area contributed by atoms with Crippen LogP contribution in [0.2, 0.25) is 0 Å². The molecule has 0 fully saturated rings. The maximum Gasteiger partial charge on any atom is 0.573 e. The van der Waals surface area contributed by atoms with Crippen molar-refractivity contribution in [1.82, 2.24) is 0 Å². The van der Waals surface area contributed by atoms with E-state index in [4.69, 9.17) is 4.74 Å². The summed E-state index contributed by atoms with van der Waals surface area (Å²) in [4.78, 5) is 12.1. The zero-order valence-electron chi connectivity index (χ0n) is 13.8. The fourth-order valence-electron chi connectivity index (χ4n) is 2.26. The van der Waals surface area contributed by atoms with Gasteiger partial charge < -0.3 is 9.47 Å². The predicted octanol–water partition coefficient (Wildman–Crippen LogP) is 5.54. The van der Waals surface area contributed by atoms with Gasteiger partial charge in [0.25, 0.3) is 0 Å². The zero-order valence-corrected chi connectivity index (χ0v) is 13.8. The second-order valence-corrected chi connectivity index (χ2v) is 5.56. The van der Waals surface area contributed by atoms with Crippen LogP contribution < -0.4 is 9.47 Å². The molecule has 0 amide bonds. The number of ether oxygens (including phenoxy) is 2. The first-order valence-corrected chi connectivity index (χ1v) is 8.04. The van der Waals surface area contributed by atoms with E-state index in [1.165, 1.54) is 12.1 Å². The SMILES string of the molecule is CCCCCc1ccc(C(=O)Oc2ccc(OC(F)(F)F)cc2)cc1. The molecular formula is C19H19F3O3. The molecule has 0 spiro atoms. The number of rotatable bonds is 7. The Morgan fingerprint density at radius 3 is 2.08 bits per heavy atom. The number of halogens is 3. The van der Waals surface area contributed by atoms with Gasteiger partial charge in [-0.2, -0.15) is 0 Å². The van der Waals surface area contributed by atoms with Crippen LogP contribution >= 0.6 is 0 Å². The van der Waals surface area contributed by atoms with Gasteiger partial charge in [0.15, 0.2) is 0 Å². The first kappa shape index (κ1) is 18.8. The van der Waals surface area contributed by atoms with Crippen molar-refractivity contribution in [3.05, 3.63) is 59.7 Å². The minimum atomic E-state index is -4.75. The largest absolute Gasteiger partial charge is 0.573 e. The summed E-state index contributed by atoms with van der Waals surface area (Å²) in [6.45, 7) is 2.14. The maximum atomic E-state index is 12.1. The molecule has 0 aromatic heterocycles. The van der Waals surface area contributed by atoms with E-state index in [-0.39, 0.29) is 11.5 Å². The van der Waals surface area contributed by atoms with Crippen LogP contribution in [0.5, 0.6) is 11.5 Å². The number of esters is 1. The Bertz CT molecular complexity index is 677. The third-order valence-corrected chi connectivity index (χ3v) is 3.53. The number of hydrogen-bond acceptors (Lipinski definition) is 3. The highest BCUT2D eigenvalue weighted by molar-refractivity contribution is 5.91. The van der Waals surface area contributed by atoms with Crippen LogP contribution in [-0.4, -0.2) is 12.3 Å². The van der Waals surface area contributed by atoms with Crippen LogP contribution in [0.4, 0.5) is 13.2 Å². The first-order valence-electron chi connectivity index (χ1n) is 8.04. The van der Waals surface area contributed by atoms with Crippen molar-refractivity contribution in [2.45, 2.75) is 39.0 Å². The zero-order chi connectivity index (χ0) is 18.3. The van der Waals surface area contributed by atoms with E-state index in [0.29, 0.717) is 5.56 Å². The van der Waals surface area contributed by atoms with Gasteiger partial charge in [0, 0.05) is 0 Å². The van der Waals surface area contributed by atoms with E-state index in [1.807, 2.05) is 12.1 Å². The van der Waals surface area contributed by atoms with Crippen molar-refractivity contribution in [1.29, 1.82) is 0 Å². The van der Waals surface area contributed by atoms with E-state index in [9.17, 15) is 18.0 Å². The normalized spacial score (nSPS) is 11.2. The van der Waals surface area contributed by atoms with Crippen LogP contribution in [0.3, 0.4) is 0 Å². The second-order valence-electron chi connectivity index (χ2n) is 5.56. The van der Waals surface area contributed by atoms with Gasteiger partial charge in [-0.25, -0.2) is 4.79 Å². The fourth-order valence-corrected chi connectivity index (χ4v) is 2.26. The molecule has 0 N–H and O–H groups in total. The molecule has 6 heteroatoms. The Hall–Kier alpha value is -2.50. The molecule has 2 aromatic rings. The summed E-state index contributed by atoms with van der Waals surface area (Å²) in [5.41, 5.74) is 1.54. The number of benzene rings is 2. The highest BCUT2D eigenvalue weighted by atomic mass is 19.4. The van der Waals surface area contributed by atoms with Crippen molar-refractivity contribution in [3.8, 4) is 11.5 Å². The first-order chi connectivity index (χ1) is 11.9. The third kappa shape index (κ3) is 6.49. The van der Waals surface area contributed by atoms with E-state index in [2.05, 4.69) is 11.7 Å². The van der Waals surface area contributed by atoms with Gasteiger partial charge in [0.1, 0.15) is 11.5 Å². The third-order valence-electron chi connectivity index (χ3n) is 3.53. The van der Waals surface area contributed by atoms with E-state index < -0.39 is 12.3 Å².